The van der Waals surface area contributed by atoms with Gasteiger partial charge in [0.25, 0.3) is 0 Å². The molecule has 1 aliphatic carbocycles. The molecule has 0 amide bonds. The van der Waals surface area contributed by atoms with E-state index in [4.69, 9.17) is 4.74 Å². The van der Waals surface area contributed by atoms with Gasteiger partial charge in [0.15, 0.2) is 0 Å². The van der Waals surface area contributed by atoms with Crippen molar-refractivity contribution in [3.63, 3.8) is 0 Å². The lowest BCUT2D eigenvalue weighted by Gasteiger charge is -2.30. The minimum Gasteiger partial charge on any atom is -0.379 e. The Balaban J connectivity index is 2.09. The summed E-state index contributed by atoms with van der Waals surface area (Å²) in [6, 6.07) is 0.850. The van der Waals surface area contributed by atoms with Crippen LogP contribution in [0.25, 0.3) is 0 Å². The van der Waals surface area contributed by atoms with Gasteiger partial charge in [0.1, 0.15) is 0 Å². The molecule has 20 heavy (non-hydrogen) atoms. The normalized spacial score (nSPS) is 16.9. The van der Waals surface area contributed by atoms with Crippen molar-refractivity contribution in [3.8, 4) is 0 Å². The van der Waals surface area contributed by atoms with Crippen LogP contribution in [-0.2, 0) is 4.74 Å². The van der Waals surface area contributed by atoms with E-state index in [-0.39, 0.29) is 0 Å². The average Bonchev–Trinajstić information content (AvgIpc) is 2.89. The van der Waals surface area contributed by atoms with Crippen LogP contribution in [-0.4, -0.2) is 49.8 Å². The second-order valence-corrected chi connectivity index (χ2v) is 6.85. The van der Waals surface area contributed by atoms with Crippen LogP contribution in [0.15, 0.2) is 0 Å². The Morgan fingerprint density at radius 1 is 1.10 bits per heavy atom. The van der Waals surface area contributed by atoms with Gasteiger partial charge in [-0.05, 0) is 45.6 Å². The summed E-state index contributed by atoms with van der Waals surface area (Å²) < 4.78 is 5.55. The Labute approximate surface area is 126 Å². The monoisotopic (exact) mass is 284 g/mol. The lowest BCUT2D eigenvalue weighted by atomic mass is 10.1. The van der Waals surface area contributed by atoms with Gasteiger partial charge in [-0.15, -0.1) is 0 Å². The lowest BCUT2D eigenvalue weighted by Crippen LogP contribution is -2.40. The molecular formula is C17H36N2O. The second kappa shape index (κ2) is 10.6. The zero-order valence-electron chi connectivity index (χ0n) is 14.2. The van der Waals surface area contributed by atoms with E-state index in [0.29, 0.717) is 6.10 Å². The summed E-state index contributed by atoms with van der Waals surface area (Å²) in [5.41, 5.74) is 0. The van der Waals surface area contributed by atoms with Crippen LogP contribution in [0, 0.1) is 5.92 Å². The summed E-state index contributed by atoms with van der Waals surface area (Å²) in [7, 11) is 0. The Morgan fingerprint density at radius 3 is 2.40 bits per heavy atom. The summed E-state index contributed by atoms with van der Waals surface area (Å²) in [5.74, 6) is 0.773. The van der Waals surface area contributed by atoms with Crippen molar-refractivity contribution >= 4 is 0 Å². The van der Waals surface area contributed by atoms with E-state index in [1.165, 1.54) is 38.8 Å². The summed E-state index contributed by atoms with van der Waals surface area (Å²) >= 11 is 0. The molecule has 0 aromatic rings. The van der Waals surface area contributed by atoms with Crippen LogP contribution in [0.1, 0.15) is 59.8 Å². The maximum atomic E-state index is 5.55. The fourth-order valence-corrected chi connectivity index (χ4v) is 3.03. The average molecular weight is 284 g/mol. The van der Waals surface area contributed by atoms with Crippen molar-refractivity contribution in [2.45, 2.75) is 71.9 Å². The first kappa shape index (κ1) is 17.9. The van der Waals surface area contributed by atoms with E-state index in [9.17, 15) is 0 Å². The molecule has 1 aliphatic rings. The van der Waals surface area contributed by atoms with E-state index in [1.807, 2.05) is 0 Å². The molecule has 0 saturated heterocycles. The number of ether oxygens (including phenoxy) is 1. The quantitative estimate of drug-likeness (QED) is 0.589. The molecule has 0 aromatic heterocycles. The number of hydrogen-bond acceptors (Lipinski definition) is 3. The van der Waals surface area contributed by atoms with Gasteiger partial charge in [-0.3, -0.25) is 4.90 Å². The molecule has 0 aromatic carbocycles. The third-order valence-electron chi connectivity index (χ3n) is 3.97. The van der Waals surface area contributed by atoms with Crippen molar-refractivity contribution in [3.05, 3.63) is 0 Å². The van der Waals surface area contributed by atoms with Crippen molar-refractivity contribution in [2.75, 3.05) is 32.8 Å². The minimum atomic E-state index is 0.360. The van der Waals surface area contributed by atoms with Gasteiger partial charge in [0, 0.05) is 32.3 Å². The summed E-state index contributed by atoms with van der Waals surface area (Å²) in [6.45, 7) is 14.4. The maximum absolute atomic E-state index is 5.55. The fraction of sp³-hybridized carbons (Fsp3) is 1.00. The molecule has 1 fully saturated rings. The minimum absolute atomic E-state index is 0.360. The highest BCUT2D eigenvalue weighted by molar-refractivity contribution is 4.78. The fourth-order valence-electron chi connectivity index (χ4n) is 3.03. The third kappa shape index (κ3) is 8.23. The molecule has 0 radical (unpaired) electrons. The zero-order valence-corrected chi connectivity index (χ0v) is 14.2. The van der Waals surface area contributed by atoms with Gasteiger partial charge < -0.3 is 10.1 Å². The molecule has 1 saturated carbocycles. The molecular weight excluding hydrogens is 248 g/mol. The molecule has 0 unspecified atom stereocenters. The third-order valence-corrected chi connectivity index (χ3v) is 3.97. The predicted molar refractivity (Wildman–Crippen MR) is 87.2 cm³/mol. The summed E-state index contributed by atoms with van der Waals surface area (Å²) in [5, 5.41) is 3.56. The van der Waals surface area contributed by atoms with Gasteiger partial charge in [-0.2, -0.15) is 0 Å². The van der Waals surface area contributed by atoms with E-state index < -0.39 is 0 Å². The molecule has 0 spiro atoms. The standard InChI is InChI=1S/C17H36N2O/c1-15(2)14-19(17-8-5-6-9-17)12-11-18-10-7-13-20-16(3)4/h15-18H,5-14H2,1-4H3. The van der Waals surface area contributed by atoms with E-state index in [1.54, 1.807) is 0 Å². The Morgan fingerprint density at radius 2 is 1.80 bits per heavy atom. The van der Waals surface area contributed by atoms with Crippen LogP contribution in [0.5, 0.6) is 0 Å². The van der Waals surface area contributed by atoms with E-state index in [0.717, 1.165) is 38.1 Å². The molecule has 1 N–H and O–H groups in total. The maximum Gasteiger partial charge on any atom is 0.0518 e. The summed E-state index contributed by atoms with van der Waals surface area (Å²) in [6.07, 6.45) is 7.16. The first-order chi connectivity index (χ1) is 9.59. The molecule has 0 heterocycles. The lowest BCUT2D eigenvalue weighted by molar-refractivity contribution is 0.0769. The second-order valence-electron chi connectivity index (χ2n) is 6.85. The Kier molecular flexibility index (Phi) is 9.49. The first-order valence-electron chi connectivity index (χ1n) is 8.66. The smallest absolute Gasteiger partial charge is 0.0518 e. The number of rotatable bonds is 11. The van der Waals surface area contributed by atoms with Crippen molar-refractivity contribution in [1.82, 2.24) is 10.2 Å². The highest BCUT2D eigenvalue weighted by atomic mass is 16.5. The van der Waals surface area contributed by atoms with Gasteiger partial charge in [-0.1, -0.05) is 26.7 Å². The van der Waals surface area contributed by atoms with Crippen LogP contribution in [0.2, 0.25) is 0 Å². The molecule has 3 nitrogen and oxygen atoms in total. The van der Waals surface area contributed by atoms with E-state index in [2.05, 4.69) is 37.9 Å². The first-order valence-corrected chi connectivity index (χ1v) is 8.66. The molecule has 1 rings (SSSR count). The van der Waals surface area contributed by atoms with Crippen LogP contribution in [0.4, 0.5) is 0 Å². The van der Waals surface area contributed by atoms with Crippen molar-refractivity contribution in [2.24, 2.45) is 5.92 Å². The molecule has 0 atom stereocenters. The van der Waals surface area contributed by atoms with Crippen molar-refractivity contribution < 1.29 is 4.74 Å². The highest BCUT2D eigenvalue weighted by Crippen LogP contribution is 2.23. The number of hydrogen-bond donors (Lipinski definition) is 1. The molecule has 0 bridgehead atoms. The molecule has 3 heteroatoms. The van der Waals surface area contributed by atoms with E-state index >= 15 is 0 Å². The predicted octanol–water partition coefficient (Wildman–Crippen LogP) is 3.29. The van der Waals surface area contributed by atoms with Crippen LogP contribution in [0.3, 0.4) is 0 Å². The van der Waals surface area contributed by atoms with Gasteiger partial charge >= 0.3 is 0 Å². The topological polar surface area (TPSA) is 24.5 Å². The van der Waals surface area contributed by atoms with Gasteiger partial charge in [0.2, 0.25) is 0 Å². The molecule has 0 aliphatic heterocycles. The largest absolute Gasteiger partial charge is 0.379 e. The van der Waals surface area contributed by atoms with Crippen molar-refractivity contribution in [1.29, 1.82) is 0 Å². The Hall–Kier alpha value is -0.120. The zero-order chi connectivity index (χ0) is 14.8. The van der Waals surface area contributed by atoms with Crippen LogP contribution >= 0.6 is 0 Å². The Bertz CT molecular complexity index is 225. The molecule has 120 valence electrons. The van der Waals surface area contributed by atoms with Gasteiger partial charge in [0.05, 0.1) is 6.10 Å². The highest BCUT2D eigenvalue weighted by Gasteiger charge is 2.22. The summed E-state index contributed by atoms with van der Waals surface area (Å²) in [4.78, 5) is 2.72. The van der Waals surface area contributed by atoms with Crippen LogP contribution < -0.4 is 5.32 Å². The van der Waals surface area contributed by atoms with Gasteiger partial charge in [-0.25, -0.2) is 0 Å². The number of nitrogens with zero attached hydrogens (tertiary/aromatic N) is 1. The SMILES string of the molecule is CC(C)CN(CCNCCCOC(C)C)C1CCCC1. The number of nitrogens with one attached hydrogen (secondary N) is 1.